The Labute approximate surface area is 111 Å². The van der Waals surface area contributed by atoms with Crippen molar-refractivity contribution in [3.8, 4) is 5.69 Å². The second kappa shape index (κ2) is 4.57. The van der Waals surface area contributed by atoms with Gasteiger partial charge in [0.15, 0.2) is 0 Å². The highest BCUT2D eigenvalue weighted by atomic mass is 16.5. The summed E-state index contributed by atoms with van der Waals surface area (Å²) in [4.78, 5) is 4.10. The van der Waals surface area contributed by atoms with Crippen LogP contribution in [0.25, 0.3) is 11.3 Å². The van der Waals surface area contributed by atoms with E-state index in [9.17, 15) is 0 Å². The molecule has 4 nitrogen and oxygen atoms in total. The molecule has 0 N–H and O–H groups in total. The third-order valence-corrected chi connectivity index (χ3v) is 2.94. The average molecular weight is 251 g/mol. The first-order chi connectivity index (χ1) is 9.29. The third kappa shape index (κ3) is 1.97. The molecule has 2 aromatic rings. The van der Waals surface area contributed by atoms with Crippen LogP contribution < -0.4 is 0 Å². The molecular formula is C15H13N3O. The first kappa shape index (κ1) is 11.5. The van der Waals surface area contributed by atoms with Crippen molar-refractivity contribution in [1.82, 2.24) is 14.8 Å². The molecule has 0 spiro atoms. The topological polar surface area (TPSA) is 39.9 Å². The minimum atomic E-state index is 0.489. The average Bonchev–Trinajstić information content (AvgIpc) is 2.87. The minimum absolute atomic E-state index is 0.489. The molecule has 0 atom stereocenters. The summed E-state index contributed by atoms with van der Waals surface area (Å²) in [5, 5.41) is 4.59. The van der Waals surface area contributed by atoms with Crippen molar-refractivity contribution in [2.45, 2.75) is 6.61 Å². The van der Waals surface area contributed by atoms with E-state index in [0.29, 0.717) is 12.4 Å². The van der Waals surface area contributed by atoms with E-state index in [1.807, 2.05) is 24.4 Å². The fourth-order valence-corrected chi connectivity index (χ4v) is 2.03. The Morgan fingerprint density at radius 1 is 1.42 bits per heavy atom. The van der Waals surface area contributed by atoms with Gasteiger partial charge in [0.25, 0.3) is 0 Å². The van der Waals surface area contributed by atoms with Crippen molar-refractivity contribution in [3.63, 3.8) is 0 Å². The Bertz CT molecular complexity index is 668. The van der Waals surface area contributed by atoms with Crippen LogP contribution in [0.3, 0.4) is 0 Å². The molecule has 0 bridgehead atoms. The van der Waals surface area contributed by atoms with E-state index in [2.05, 4.69) is 23.2 Å². The number of nitrogens with zero attached hydrogens (tertiary/aromatic N) is 3. The van der Waals surface area contributed by atoms with Crippen molar-refractivity contribution in [2.24, 2.45) is 0 Å². The van der Waals surface area contributed by atoms with Crippen LogP contribution in [-0.4, -0.2) is 14.8 Å². The first-order valence-electron chi connectivity index (χ1n) is 5.93. The summed E-state index contributed by atoms with van der Waals surface area (Å²) in [6.07, 6.45) is 9.03. The molecule has 1 aliphatic rings. The van der Waals surface area contributed by atoms with Gasteiger partial charge in [0.2, 0.25) is 0 Å². The normalized spacial score (nSPS) is 16.0. The summed E-state index contributed by atoms with van der Waals surface area (Å²) in [7, 11) is 0. The van der Waals surface area contributed by atoms with E-state index in [-0.39, 0.29) is 0 Å². The van der Waals surface area contributed by atoms with Crippen LogP contribution in [0.4, 0.5) is 0 Å². The zero-order chi connectivity index (χ0) is 13.2. The Morgan fingerprint density at radius 3 is 3.05 bits per heavy atom. The lowest BCUT2D eigenvalue weighted by atomic mass is 10.0. The van der Waals surface area contributed by atoms with Crippen LogP contribution in [-0.2, 0) is 11.3 Å². The molecule has 0 saturated heterocycles. The maximum absolute atomic E-state index is 5.54. The Hall–Kier alpha value is -2.62. The molecule has 2 aromatic heterocycles. The molecule has 0 unspecified atom stereocenters. The number of allylic oxidation sites excluding steroid dienone is 3. The highest BCUT2D eigenvalue weighted by Crippen LogP contribution is 2.31. The maximum Gasteiger partial charge on any atom is 0.122 e. The van der Waals surface area contributed by atoms with Gasteiger partial charge in [0, 0.05) is 23.5 Å². The number of ether oxygens (including phenoxy) is 1. The molecule has 3 heterocycles. The molecule has 94 valence electrons. The standard InChI is InChI=1S/C15H13N3O/c1-3-5-14-11(2)19-10-12-9-18(17-15(12)14)13-6-4-7-16-8-13/h3-9H,1-2,10H2/b14-5+. The van der Waals surface area contributed by atoms with Crippen LogP contribution in [0.2, 0.25) is 0 Å². The lowest BCUT2D eigenvalue weighted by Crippen LogP contribution is -2.05. The molecule has 0 saturated carbocycles. The number of pyridine rings is 1. The molecule has 3 rings (SSSR count). The number of rotatable bonds is 2. The second-order valence-corrected chi connectivity index (χ2v) is 4.19. The van der Waals surface area contributed by atoms with Crippen molar-refractivity contribution in [1.29, 1.82) is 0 Å². The molecule has 0 aromatic carbocycles. The smallest absolute Gasteiger partial charge is 0.122 e. The monoisotopic (exact) mass is 251 g/mol. The van der Waals surface area contributed by atoms with Gasteiger partial charge in [-0.3, -0.25) is 4.98 Å². The van der Waals surface area contributed by atoms with Gasteiger partial charge in [-0.05, 0) is 18.2 Å². The molecular weight excluding hydrogens is 238 g/mol. The SMILES string of the molecule is C=C/C=C1\C(=C)OCc2cn(-c3cccnc3)nc21. The predicted molar refractivity (Wildman–Crippen MR) is 73.5 cm³/mol. The summed E-state index contributed by atoms with van der Waals surface area (Å²) in [6, 6.07) is 3.84. The van der Waals surface area contributed by atoms with Crippen LogP contribution in [0.1, 0.15) is 11.3 Å². The van der Waals surface area contributed by atoms with Gasteiger partial charge in [-0.1, -0.05) is 19.2 Å². The van der Waals surface area contributed by atoms with E-state index >= 15 is 0 Å². The van der Waals surface area contributed by atoms with Crippen LogP contribution >= 0.6 is 0 Å². The zero-order valence-electron chi connectivity index (χ0n) is 10.4. The van der Waals surface area contributed by atoms with Crippen molar-refractivity contribution in [2.75, 3.05) is 0 Å². The summed E-state index contributed by atoms with van der Waals surface area (Å²) in [5.41, 5.74) is 3.71. The first-order valence-corrected chi connectivity index (χ1v) is 5.93. The summed E-state index contributed by atoms with van der Waals surface area (Å²) in [5.74, 6) is 0.629. The number of fused-ring (bicyclic) bond motifs is 1. The van der Waals surface area contributed by atoms with E-state index in [4.69, 9.17) is 4.74 Å². The summed E-state index contributed by atoms with van der Waals surface area (Å²) >= 11 is 0. The van der Waals surface area contributed by atoms with Gasteiger partial charge in [-0.25, -0.2) is 4.68 Å². The quantitative estimate of drug-likeness (QED) is 0.824. The minimum Gasteiger partial charge on any atom is -0.489 e. The number of aromatic nitrogens is 3. The van der Waals surface area contributed by atoms with E-state index in [0.717, 1.165) is 22.5 Å². The van der Waals surface area contributed by atoms with Gasteiger partial charge in [-0.15, -0.1) is 0 Å². The molecule has 1 aliphatic heterocycles. The molecule has 0 fully saturated rings. The van der Waals surface area contributed by atoms with Crippen LogP contribution in [0.15, 0.2) is 61.8 Å². The van der Waals surface area contributed by atoms with Gasteiger partial charge in [-0.2, -0.15) is 5.10 Å². The Morgan fingerprint density at radius 2 is 2.32 bits per heavy atom. The highest BCUT2D eigenvalue weighted by Gasteiger charge is 2.22. The van der Waals surface area contributed by atoms with E-state index in [1.165, 1.54) is 0 Å². The predicted octanol–water partition coefficient (Wildman–Crippen LogP) is 2.88. The van der Waals surface area contributed by atoms with Gasteiger partial charge < -0.3 is 4.74 Å². The lowest BCUT2D eigenvalue weighted by Gasteiger charge is -2.17. The lowest BCUT2D eigenvalue weighted by molar-refractivity contribution is 0.209. The van der Waals surface area contributed by atoms with Crippen LogP contribution in [0, 0.1) is 0 Å². The molecule has 19 heavy (non-hydrogen) atoms. The fraction of sp³-hybridized carbons (Fsp3) is 0.0667. The van der Waals surface area contributed by atoms with Gasteiger partial charge in [0.1, 0.15) is 18.1 Å². The number of hydrogen-bond acceptors (Lipinski definition) is 3. The third-order valence-electron chi connectivity index (χ3n) is 2.94. The van der Waals surface area contributed by atoms with Crippen molar-refractivity contribution >= 4 is 5.57 Å². The molecule has 4 heteroatoms. The molecule has 0 radical (unpaired) electrons. The van der Waals surface area contributed by atoms with E-state index < -0.39 is 0 Å². The van der Waals surface area contributed by atoms with Gasteiger partial charge >= 0.3 is 0 Å². The molecule has 0 aliphatic carbocycles. The Balaban J connectivity index is 2.11. The summed E-state index contributed by atoms with van der Waals surface area (Å²) in [6.45, 7) is 8.09. The van der Waals surface area contributed by atoms with Crippen LogP contribution in [0.5, 0.6) is 0 Å². The van der Waals surface area contributed by atoms with Crippen molar-refractivity contribution in [3.05, 3.63) is 73.0 Å². The van der Waals surface area contributed by atoms with Gasteiger partial charge in [0.05, 0.1) is 11.9 Å². The van der Waals surface area contributed by atoms with E-state index in [1.54, 1.807) is 23.2 Å². The largest absolute Gasteiger partial charge is 0.489 e. The zero-order valence-corrected chi connectivity index (χ0v) is 10.4. The van der Waals surface area contributed by atoms with Crippen molar-refractivity contribution < 1.29 is 4.74 Å². The maximum atomic E-state index is 5.54. The molecule has 0 amide bonds. The Kier molecular flexibility index (Phi) is 2.76. The second-order valence-electron chi connectivity index (χ2n) is 4.19. The number of hydrogen-bond donors (Lipinski definition) is 0. The summed E-state index contributed by atoms with van der Waals surface area (Å²) < 4.78 is 7.34. The fourth-order valence-electron chi connectivity index (χ4n) is 2.03. The highest BCUT2D eigenvalue weighted by molar-refractivity contribution is 5.78.